The predicted molar refractivity (Wildman–Crippen MR) is 43.4 cm³/mol. The van der Waals surface area contributed by atoms with Gasteiger partial charge in [0.05, 0.1) is 17.6 Å². The average molecular weight is 228 g/mol. The Morgan fingerprint density at radius 2 is 1.93 bits per heavy atom. The van der Waals surface area contributed by atoms with Gasteiger partial charge in [0, 0.05) is 0 Å². The molecule has 2 atom stereocenters. The van der Waals surface area contributed by atoms with E-state index in [1.165, 1.54) is 0 Å². The zero-order valence-corrected chi connectivity index (χ0v) is 7.72. The monoisotopic (exact) mass is 228 g/mol. The Labute approximate surface area is 82.9 Å². The first kappa shape index (κ1) is 12.2. The summed E-state index contributed by atoms with van der Waals surface area (Å²) in [5, 5.41) is 8.96. The Kier molecular flexibility index (Phi) is 2.91. The second kappa shape index (κ2) is 3.59. The maximum atomic E-state index is 13.1. The normalized spacial score (nSPS) is 27.4. The third kappa shape index (κ3) is 2.56. The average Bonchev–Trinajstić information content (AvgIpc) is 1.99. The molecule has 86 valence electrons. The lowest BCUT2D eigenvalue weighted by Gasteiger charge is -2.28. The topological polar surface area (TPSA) is 20.2 Å². The van der Waals surface area contributed by atoms with Crippen LogP contribution in [0.4, 0.5) is 22.0 Å². The van der Waals surface area contributed by atoms with Crippen molar-refractivity contribution in [2.24, 2.45) is 5.92 Å². The summed E-state index contributed by atoms with van der Waals surface area (Å²) in [4.78, 5) is 0. The summed E-state index contributed by atoms with van der Waals surface area (Å²) in [5.41, 5.74) is -1.38. The van der Waals surface area contributed by atoms with Crippen LogP contribution in [0.1, 0.15) is 6.92 Å². The van der Waals surface area contributed by atoms with Gasteiger partial charge < -0.3 is 5.11 Å². The number of hydrogen-bond acceptors (Lipinski definition) is 1. The summed E-state index contributed by atoms with van der Waals surface area (Å²) >= 11 is 0. The van der Waals surface area contributed by atoms with Crippen molar-refractivity contribution in [2.45, 2.75) is 25.1 Å². The molecule has 0 aromatic carbocycles. The molecule has 0 aromatic rings. The van der Waals surface area contributed by atoms with Gasteiger partial charge in [-0.15, -0.1) is 0 Å². The van der Waals surface area contributed by atoms with Crippen LogP contribution >= 0.6 is 0 Å². The molecule has 6 heteroatoms. The highest BCUT2D eigenvalue weighted by Gasteiger charge is 2.45. The number of rotatable bonds is 1. The molecule has 0 saturated carbocycles. The lowest BCUT2D eigenvalue weighted by molar-refractivity contribution is -0.0963. The van der Waals surface area contributed by atoms with Gasteiger partial charge >= 0.3 is 6.18 Å². The van der Waals surface area contributed by atoms with Crippen molar-refractivity contribution in [1.82, 2.24) is 0 Å². The van der Waals surface area contributed by atoms with Crippen molar-refractivity contribution < 1.29 is 27.1 Å². The Bertz CT molecular complexity index is 300. The minimum Gasteiger partial charge on any atom is -0.393 e. The maximum absolute atomic E-state index is 13.1. The van der Waals surface area contributed by atoms with Crippen LogP contribution in [0.5, 0.6) is 0 Å². The summed E-state index contributed by atoms with van der Waals surface area (Å²) in [6.45, 7) is 1.11. The van der Waals surface area contributed by atoms with E-state index in [1.807, 2.05) is 0 Å². The lowest BCUT2D eigenvalue weighted by atomic mass is 9.89. The highest BCUT2D eigenvalue weighted by molar-refractivity contribution is 5.32. The van der Waals surface area contributed by atoms with Gasteiger partial charge in [-0.2, -0.15) is 13.2 Å². The first-order valence-corrected chi connectivity index (χ1v) is 4.19. The number of hydrogen-bond donors (Lipinski definition) is 1. The zero-order chi connectivity index (χ0) is 11.9. The molecule has 1 N–H and O–H groups in total. The molecular formula is C9H9F5O. The minimum absolute atomic E-state index is 0.148. The van der Waals surface area contributed by atoms with Gasteiger partial charge in [-0.1, -0.05) is 12.2 Å². The highest BCUT2D eigenvalue weighted by Crippen LogP contribution is 2.39. The molecule has 0 aliphatic heterocycles. The summed E-state index contributed by atoms with van der Waals surface area (Å²) in [6.07, 6.45) is -5.08. The van der Waals surface area contributed by atoms with Gasteiger partial charge in [0.2, 0.25) is 0 Å². The van der Waals surface area contributed by atoms with E-state index in [0.717, 1.165) is 6.92 Å². The fourth-order valence-corrected chi connectivity index (χ4v) is 1.35. The first-order valence-electron chi connectivity index (χ1n) is 4.19. The molecule has 1 aliphatic rings. The molecule has 0 fully saturated rings. The molecule has 0 saturated heterocycles. The third-order valence-corrected chi connectivity index (χ3v) is 2.12. The van der Waals surface area contributed by atoms with Crippen molar-refractivity contribution in [3.8, 4) is 0 Å². The fourth-order valence-electron chi connectivity index (χ4n) is 1.35. The van der Waals surface area contributed by atoms with Crippen LogP contribution in [0, 0.1) is 5.92 Å². The molecular weight excluding hydrogens is 219 g/mol. The number of halogens is 5. The first-order chi connectivity index (χ1) is 6.64. The van der Waals surface area contributed by atoms with E-state index < -0.39 is 29.7 Å². The SMILES string of the molecule is CC(O)C1C=CC(C(F)(F)F)=CC1(F)F. The second-order valence-corrected chi connectivity index (χ2v) is 3.40. The zero-order valence-electron chi connectivity index (χ0n) is 7.72. The number of allylic oxidation sites excluding steroid dienone is 3. The maximum Gasteiger partial charge on any atom is 0.416 e. The molecule has 2 unspecified atom stereocenters. The van der Waals surface area contributed by atoms with Gasteiger partial charge in [-0.05, 0) is 13.0 Å². The van der Waals surface area contributed by atoms with E-state index in [2.05, 4.69) is 0 Å². The van der Waals surface area contributed by atoms with Crippen molar-refractivity contribution in [3.63, 3.8) is 0 Å². The van der Waals surface area contributed by atoms with Gasteiger partial charge in [-0.3, -0.25) is 0 Å². The summed E-state index contributed by atoms with van der Waals surface area (Å²) in [6, 6.07) is 0. The number of aliphatic hydroxyl groups is 1. The van der Waals surface area contributed by atoms with Crippen molar-refractivity contribution >= 4 is 0 Å². The van der Waals surface area contributed by atoms with Crippen molar-refractivity contribution in [2.75, 3.05) is 0 Å². The molecule has 0 aromatic heterocycles. The quantitative estimate of drug-likeness (QED) is 0.684. The van der Waals surface area contributed by atoms with Crippen molar-refractivity contribution in [1.29, 1.82) is 0 Å². The Balaban J connectivity index is 3.01. The Morgan fingerprint density at radius 3 is 2.27 bits per heavy atom. The van der Waals surface area contributed by atoms with E-state index in [0.29, 0.717) is 12.2 Å². The molecule has 15 heavy (non-hydrogen) atoms. The molecule has 1 aliphatic carbocycles. The standard InChI is InChI=1S/C9H9F5O/c1-5(15)7-3-2-6(9(12,13)14)4-8(7,10)11/h2-5,7,15H,1H3. The molecule has 1 nitrogen and oxygen atoms in total. The highest BCUT2D eigenvalue weighted by atomic mass is 19.4. The van der Waals surface area contributed by atoms with Gasteiger partial charge in [-0.25, -0.2) is 8.78 Å². The van der Waals surface area contributed by atoms with Crippen LogP contribution in [-0.2, 0) is 0 Å². The van der Waals surface area contributed by atoms with Crippen LogP contribution in [0.15, 0.2) is 23.8 Å². The van der Waals surface area contributed by atoms with Crippen LogP contribution in [0.2, 0.25) is 0 Å². The fraction of sp³-hybridized carbons (Fsp3) is 0.556. The molecule has 1 rings (SSSR count). The molecule has 0 amide bonds. The third-order valence-electron chi connectivity index (χ3n) is 2.12. The summed E-state index contributed by atoms with van der Waals surface area (Å²) < 4.78 is 62.5. The van der Waals surface area contributed by atoms with Crippen LogP contribution in [0.3, 0.4) is 0 Å². The van der Waals surface area contributed by atoms with Crippen LogP contribution in [0.25, 0.3) is 0 Å². The smallest absolute Gasteiger partial charge is 0.393 e. The van der Waals surface area contributed by atoms with E-state index in [1.54, 1.807) is 0 Å². The summed E-state index contributed by atoms with van der Waals surface area (Å²) in [5.74, 6) is -5.28. The van der Waals surface area contributed by atoms with E-state index in [9.17, 15) is 22.0 Å². The molecule has 0 radical (unpaired) electrons. The molecule has 0 spiro atoms. The second-order valence-electron chi connectivity index (χ2n) is 3.40. The van der Waals surface area contributed by atoms with Crippen molar-refractivity contribution in [3.05, 3.63) is 23.8 Å². The van der Waals surface area contributed by atoms with Crippen LogP contribution < -0.4 is 0 Å². The summed E-state index contributed by atoms with van der Waals surface area (Å²) in [7, 11) is 0. The Morgan fingerprint density at radius 1 is 1.40 bits per heavy atom. The molecule has 0 bridgehead atoms. The predicted octanol–water partition coefficient (Wildman–Crippen LogP) is 2.68. The van der Waals surface area contributed by atoms with Gasteiger partial charge in [0.15, 0.2) is 0 Å². The van der Waals surface area contributed by atoms with E-state index in [4.69, 9.17) is 5.11 Å². The van der Waals surface area contributed by atoms with Gasteiger partial charge in [0.25, 0.3) is 5.92 Å². The minimum atomic E-state index is -4.79. The number of aliphatic hydroxyl groups excluding tert-OH is 1. The van der Waals surface area contributed by atoms with Gasteiger partial charge in [0.1, 0.15) is 0 Å². The number of alkyl halides is 5. The molecule has 0 heterocycles. The van der Waals surface area contributed by atoms with Crippen LogP contribution in [-0.4, -0.2) is 23.3 Å². The Hall–Kier alpha value is -0.910. The lowest BCUT2D eigenvalue weighted by Crippen LogP contribution is -2.36. The van der Waals surface area contributed by atoms with E-state index in [-0.39, 0.29) is 6.08 Å². The van der Waals surface area contributed by atoms with E-state index >= 15 is 0 Å². The largest absolute Gasteiger partial charge is 0.416 e.